The van der Waals surface area contributed by atoms with Gasteiger partial charge in [0.05, 0.1) is 12.6 Å². The van der Waals surface area contributed by atoms with E-state index in [4.69, 9.17) is 11.6 Å². The Kier molecular flexibility index (Phi) is 3.92. The second-order valence-electron chi connectivity index (χ2n) is 5.21. The number of pyridine rings is 1. The number of hydrogen-bond acceptors (Lipinski definition) is 3. The summed E-state index contributed by atoms with van der Waals surface area (Å²) in [4.78, 5) is 9.34. The van der Waals surface area contributed by atoms with Crippen molar-refractivity contribution in [1.82, 2.24) is 24.3 Å². The maximum absolute atomic E-state index is 5.92. The second-order valence-corrected chi connectivity index (χ2v) is 5.59. The average molecular weight is 304 g/mol. The van der Waals surface area contributed by atoms with E-state index in [0.29, 0.717) is 5.88 Å². The Morgan fingerprint density at radius 2 is 2.14 bits per heavy atom. The van der Waals surface area contributed by atoms with Crippen molar-refractivity contribution in [2.45, 2.75) is 32.9 Å². The highest BCUT2D eigenvalue weighted by Gasteiger charge is 2.17. The lowest BCUT2D eigenvalue weighted by molar-refractivity contribution is 0.434. The summed E-state index contributed by atoms with van der Waals surface area (Å²) < 4.78 is 4.11. The molecule has 0 spiro atoms. The van der Waals surface area contributed by atoms with E-state index in [0.717, 1.165) is 35.6 Å². The summed E-state index contributed by atoms with van der Waals surface area (Å²) in [7, 11) is 0. The molecule has 0 aliphatic heterocycles. The Labute approximate surface area is 128 Å². The topological polar surface area (TPSA) is 48.5 Å². The number of fused-ring (bicyclic) bond motifs is 1. The third-order valence-corrected chi connectivity index (χ3v) is 3.71. The first-order valence-electron chi connectivity index (χ1n) is 7.07. The van der Waals surface area contributed by atoms with Gasteiger partial charge in [0.25, 0.3) is 0 Å². The molecule has 1 atom stereocenters. The smallest absolute Gasteiger partial charge is 0.160 e. The van der Waals surface area contributed by atoms with Crippen molar-refractivity contribution in [3.05, 3.63) is 42.1 Å². The molecule has 0 aromatic carbocycles. The monoisotopic (exact) mass is 303 g/mol. The molecule has 0 saturated carbocycles. The van der Waals surface area contributed by atoms with Crippen LogP contribution in [0, 0.1) is 6.92 Å². The number of hydrogen-bond donors (Lipinski definition) is 0. The van der Waals surface area contributed by atoms with Gasteiger partial charge < -0.3 is 4.57 Å². The van der Waals surface area contributed by atoms with Crippen molar-refractivity contribution < 1.29 is 0 Å². The molecule has 3 aromatic rings. The van der Waals surface area contributed by atoms with Crippen molar-refractivity contribution in [3.8, 4) is 0 Å². The average Bonchev–Trinajstić information content (AvgIpc) is 3.06. The third kappa shape index (κ3) is 2.78. The summed E-state index contributed by atoms with van der Waals surface area (Å²) in [5.41, 5.74) is 2.84. The standard InChI is InChI=1S/C15H18ClN5/c1-11-4-5-13-15(18-11)21(14(19-13)6-7-16)12(2)10-20-9-3-8-17-20/h3-5,8-9,12H,6-7,10H2,1-2H3. The summed E-state index contributed by atoms with van der Waals surface area (Å²) in [5, 5.41) is 4.28. The minimum absolute atomic E-state index is 0.211. The van der Waals surface area contributed by atoms with Crippen LogP contribution in [-0.2, 0) is 13.0 Å². The van der Waals surface area contributed by atoms with E-state index < -0.39 is 0 Å². The van der Waals surface area contributed by atoms with Gasteiger partial charge in [-0.1, -0.05) is 0 Å². The molecule has 3 rings (SSSR count). The molecule has 3 heterocycles. The van der Waals surface area contributed by atoms with Gasteiger partial charge in [-0.15, -0.1) is 11.6 Å². The molecule has 0 bridgehead atoms. The number of imidazole rings is 1. The number of nitrogens with zero attached hydrogens (tertiary/aromatic N) is 5. The molecule has 0 aliphatic rings. The molecule has 5 nitrogen and oxygen atoms in total. The normalized spacial score (nSPS) is 12.9. The zero-order valence-corrected chi connectivity index (χ0v) is 13.0. The van der Waals surface area contributed by atoms with Gasteiger partial charge >= 0.3 is 0 Å². The summed E-state index contributed by atoms with van der Waals surface area (Å²) in [6, 6.07) is 6.15. The van der Waals surface area contributed by atoms with Gasteiger partial charge in [-0.2, -0.15) is 5.10 Å². The van der Waals surface area contributed by atoms with Crippen LogP contribution in [0.25, 0.3) is 11.2 Å². The van der Waals surface area contributed by atoms with Crippen LogP contribution in [0.5, 0.6) is 0 Å². The third-order valence-electron chi connectivity index (χ3n) is 3.52. The lowest BCUT2D eigenvalue weighted by atomic mass is 10.3. The lowest BCUT2D eigenvalue weighted by Crippen LogP contribution is -2.16. The van der Waals surface area contributed by atoms with Gasteiger partial charge in [0, 0.05) is 30.4 Å². The van der Waals surface area contributed by atoms with E-state index in [1.54, 1.807) is 6.20 Å². The van der Waals surface area contributed by atoms with Crippen LogP contribution in [-0.4, -0.2) is 30.2 Å². The van der Waals surface area contributed by atoms with E-state index in [2.05, 4.69) is 26.6 Å². The van der Waals surface area contributed by atoms with E-state index in [1.807, 2.05) is 36.0 Å². The fourth-order valence-electron chi connectivity index (χ4n) is 2.60. The van der Waals surface area contributed by atoms with Gasteiger partial charge in [0.1, 0.15) is 11.3 Å². The van der Waals surface area contributed by atoms with Crippen LogP contribution in [0.4, 0.5) is 0 Å². The van der Waals surface area contributed by atoms with Crippen molar-refractivity contribution in [1.29, 1.82) is 0 Å². The van der Waals surface area contributed by atoms with Crippen LogP contribution in [0.2, 0.25) is 0 Å². The van der Waals surface area contributed by atoms with Crippen LogP contribution in [0.1, 0.15) is 24.5 Å². The molecule has 3 aromatic heterocycles. The largest absolute Gasteiger partial charge is 0.308 e. The molecule has 0 amide bonds. The summed E-state index contributed by atoms with van der Waals surface area (Å²) in [6.07, 6.45) is 4.50. The Morgan fingerprint density at radius 1 is 1.29 bits per heavy atom. The maximum atomic E-state index is 5.92. The van der Waals surface area contributed by atoms with Crippen molar-refractivity contribution >= 4 is 22.8 Å². The van der Waals surface area contributed by atoms with Crippen molar-refractivity contribution in [2.75, 3.05) is 5.88 Å². The molecule has 21 heavy (non-hydrogen) atoms. The Hall–Kier alpha value is -1.88. The minimum Gasteiger partial charge on any atom is -0.308 e. The number of halogens is 1. The van der Waals surface area contributed by atoms with E-state index in [-0.39, 0.29) is 6.04 Å². The first-order valence-corrected chi connectivity index (χ1v) is 7.60. The van der Waals surface area contributed by atoms with E-state index >= 15 is 0 Å². The number of rotatable bonds is 5. The summed E-state index contributed by atoms with van der Waals surface area (Å²) in [6.45, 7) is 4.93. The van der Waals surface area contributed by atoms with Crippen LogP contribution in [0.3, 0.4) is 0 Å². The van der Waals surface area contributed by atoms with Crippen LogP contribution in [0.15, 0.2) is 30.6 Å². The molecule has 0 fully saturated rings. The predicted molar refractivity (Wildman–Crippen MR) is 83.6 cm³/mol. The molecular weight excluding hydrogens is 286 g/mol. The zero-order chi connectivity index (χ0) is 14.8. The molecule has 0 saturated heterocycles. The van der Waals surface area contributed by atoms with Gasteiger partial charge in [0.15, 0.2) is 5.65 Å². The highest BCUT2D eigenvalue weighted by atomic mass is 35.5. The van der Waals surface area contributed by atoms with Gasteiger partial charge in [-0.25, -0.2) is 9.97 Å². The summed E-state index contributed by atoms with van der Waals surface area (Å²) in [5.74, 6) is 1.54. The van der Waals surface area contributed by atoms with Crippen molar-refractivity contribution in [3.63, 3.8) is 0 Å². The molecule has 0 aliphatic carbocycles. The van der Waals surface area contributed by atoms with Crippen LogP contribution >= 0.6 is 11.6 Å². The first-order chi connectivity index (χ1) is 10.2. The lowest BCUT2D eigenvalue weighted by Gasteiger charge is -2.17. The number of aryl methyl sites for hydroxylation is 2. The van der Waals surface area contributed by atoms with Gasteiger partial charge in [-0.05, 0) is 32.0 Å². The highest BCUT2D eigenvalue weighted by Crippen LogP contribution is 2.22. The SMILES string of the molecule is Cc1ccc2nc(CCCl)n(C(C)Cn3cccn3)c2n1. The molecule has 110 valence electrons. The van der Waals surface area contributed by atoms with E-state index in [9.17, 15) is 0 Å². The Bertz CT molecular complexity index is 732. The van der Waals surface area contributed by atoms with Crippen LogP contribution < -0.4 is 0 Å². The number of aromatic nitrogens is 5. The summed E-state index contributed by atoms with van der Waals surface area (Å²) >= 11 is 5.92. The molecule has 0 N–H and O–H groups in total. The molecule has 6 heteroatoms. The van der Waals surface area contributed by atoms with Gasteiger partial charge in [-0.3, -0.25) is 4.68 Å². The van der Waals surface area contributed by atoms with E-state index in [1.165, 1.54) is 0 Å². The Morgan fingerprint density at radius 3 is 2.86 bits per heavy atom. The van der Waals surface area contributed by atoms with Crippen molar-refractivity contribution in [2.24, 2.45) is 0 Å². The molecular formula is C15H18ClN5. The molecule has 0 radical (unpaired) electrons. The molecule has 1 unspecified atom stereocenters. The predicted octanol–water partition coefficient (Wildman–Crippen LogP) is 2.98. The fraction of sp³-hybridized carbons (Fsp3) is 0.400. The first kappa shape index (κ1) is 14.1. The Balaban J connectivity index is 2.05. The fourth-order valence-corrected chi connectivity index (χ4v) is 2.77. The quantitative estimate of drug-likeness (QED) is 0.681. The highest BCUT2D eigenvalue weighted by molar-refractivity contribution is 6.17. The second kappa shape index (κ2) is 5.85. The van der Waals surface area contributed by atoms with Gasteiger partial charge in [0.2, 0.25) is 0 Å². The maximum Gasteiger partial charge on any atom is 0.160 e. The minimum atomic E-state index is 0.211. The zero-order valence-electron chi connectivity index (χ0n) is 12.2. The number of alkyl halides is 1.